The smallest absolute Gasteiger partial charge is 0.322 e. The first kappa shape index (κ1) is 18.1. The van der Waals surface area contributed by atoms with E-state index in [-0.39, 0.29) is 17.0 Å². The van der Waals surface area contributed by atoms with Crippen LogP contribution in [0.3, 0.4) is 0 Å². The maximum Gasteiger partial charge on any atom is 0.322 e. The number of hydrogen-bond donors (Lipinski definition) is 1. The predicted molar refractivity (Wildman–Crippen MR) is 92.0 cm³/mol. The summed E-state index contributed by atoms with van der Waals surface area (Å²) in [5.41, 5.74) is 0.457. The summed E-state index contributed by atoms with van der Waals surface area (Å²) in [6.45, 7) is 4.96. The second-order valence-electron chi connectivity index (χ2n) is 6.10. The van der Waals surface area contributed by atoms with Crippen LogP contribution in [-0.2, 0) is 19.5 Å². The number of nitrogens with zero attached hydrogens (tertiary/aromatic N) is 2. The number of rotatable bonds is 3. The van der Waals surface area contributed by atoms with Crippen molar-refractivity contribution in [2.75, 3.05) is 51.3 Å². The Bertz CT molecular complexity index is 718. The largest absolute Gasteiger partial charge is 0.378 e. The number of benzene rings is 1. The van der Waals surface area contributed by atoms with Gasteiger partial charge in [0.25, 0.3) is 0 Å². The van der Waals surface area contributed by atoms with Crippen molar-refractivity contribution >= 4 is 21.7 Å². The number of carbonyl (C=O) groups is 1. The zero-order valence-corrected chi connectivity index (χ0v) is 15.0. The number of anilines is 1. The summed E-state index contributed by atoms with van der Waals surface area (Å²) >= 11 is 0. The Kier molecular flexibility index (Phi) is 5.57. The second-order valence-corrected chi connectivity index (χ2v) is 8.04. The molecule has 2 fully saturated rings. The van der Waals surface area contributed by atoms with Crippen LogP contribution < -0.4 is 5.32 Å². The van der Waals surface area contributed by atoms with Gasteiger partial charge in [0.2, 0.25) is 10.0 Å². The monoisotopic (exact) mass is 369 g/mol. The van der Waals surface area contributed by atoms with Crippen molar-refractivity contribution in [3.63, 3.8) is 0 Å². The Morgan fingerprint density at radius 2 is 1.96 bits per heavy atom. The highest BCUT2D eigenvalue weighted by Gasteiger charge is 2.29. The van der Waals surface area contributed by atoms with E-state index in [9.17, 15) is 13.2 Å². The van der Waals surface area contributed by atoms with E-state index in [1.165, 1.54) is 10.4 Å². The number of urea groups is 1. The SMILES string of the molecule is CC1CN(S(=O)(=O)c2cccc(NC(=O)N3CCOCC3)c2)CCO1. The molecule has 2 heterocycles. The number of ether oxygens (including phenoxy) is 2. The minimum Gasteiger partial charge on any atom is -0.378 e. The first-order valence-corrected chi connectivity index (χ1v) is 9.76. The van der Waals surface area contributed by atoms with E-state index in [2.05, 4.69) is 5.32 Å². The van der Waals surface area contributed by atoms with Gasteiger partial charge in [-0.05, 0) is 25.1 Å². The van der Waals surface area contributed by atoms with Gasteiger partial charge < -0.3 is 19.7 Å². The Balaban J connectivity index is 1.73. The van der Waals surface area contributed by atoms with Crippen molar-refractivity contribution in [2.45, 2.75) is 17.9 Å². The predicted octanol–water partition coefficient (Wildman–Crippen LogP) is 0.960. The van der Waals surface area contributed by atoms with Crippen molar-refractivity contribution in [3.05, 3.63) is 24.3 Å². The minimum absolute atomic E-state index is 0.132. The Morgan fingerprint density at radius 1 is 1.20 bits per heavy atom. The van der Waals surface area contributed by atoms with Gasteiger partial charge in [-0.2, -0.15) is 4.31 Å². The van der Waals surface area contributed by atoms with E-state index in [1.807, 2.05) is 6.92 Å². The molecule has 1 unspecified atom stereocenters. The Hall–Kier alpha value is -1.68. The van der Waals surface area contributed by atoms with Gasteiger partial charge >= 0.3 is 6.03 Å². The van der Waals surface area contributed by atoms with E-state index >= 15 is 0 Å². The molecular weight excluding hydrogens is 346 g/mol. The molecule has 9 heteroatoms. The van der Waals surface area contributed by atoms with Crippen molar-refractivity contribution in [2.24, 2.45) is 0 Å². The van der Waals surface area contributed by atoms with Gasteiger partial charge in [-0.15, -0.1) is 0 Å². The summed E-state index contributed by atoms with van der Waals surface area (Å²) in [6, 6.07) is 6.09. The maximum atomic E-state index is 12.8. The third-order valence-electron chi connectivity index (χ3n) is 4.23. The first-order valence-electron chi connectivity index (χ1n) is 8.32. The molecule has 2 aliphatic rings. The topological polar surface area (TPSA) is 88.2 Å². The molecule has 1 aromatic rings. The van der Waals surface area contributed by atoms with Crippen LogP contribution in [0.1, 0.15) is 6.92 Å². The van der Waals surface area contributed by atoms with Crippen LogP contribution in [0.15, 0.2) is 29.2 Å². The molecule has 8 nitrogen and oxygen atoms in total. The average molecular weight is 369 g/mol. The molecule has 138 valence electrons. The third-order valence-corrected chi connectivity index (χ3v) is 6.09. The fourth-order valence-electron chi connectivity index (χ4n) is 2.86. The summed E-state index contributed by atoms with van der Waals surface area (Å²) in [7, 11) is -3.61. The molecule has 1 aromatic carbocycles. The normalized spacial score (nSPS) is 22.6. The highest BCUT2D eigenvalue weighted by atomic mass is 32.2. The summed E-state index contributed by atoms with van der Waals surface area (Å²) < 4.78 is 37.7. The fourth-order valence-corrected chi connectivity index (χ4v) is 4.40. The standard InChI is InChI=1S/C16H23N3O5S/c1-13-12-19(7-10-24-13)25(21,22)15-4-2-3-14(11-15)17-16(20)18-5-8-23-9-6-18/h2-4,11,13H,5-10,12H2,1H3,(H,17,20). The molecule has 0 saturated carbocycles. The van der Waals surface area contributed by atoms with E-state index in [4.69, 9.17) is 9.47 Å². The van der Waals surface area contributed by atoms with Crippen molar-refractivity contribution in [1.29, 1.82) is 0 Å². The zero-order valence-electron chi connectivity index (χ0n) is 14.2. The van der Waals surface area contributed by atoms with Gasteiger partial charge in [0.1, 0.15) is 0 Å². The van der Waals surface area contributed by atoms with Crippen LogP contribution in [0.5, 0.6) is 0 Å². The number of morpholine rings is 2. The van der Waals surface area contributed by atoms with E-state index < -0.39 is 10.0 Å². The second kappa shape index (κ2) is 7.69. The van der Waals surface area contributed by atoms with Crippen LogP contribution in [0.4, 0.5) is 10.5 Å². The molecule has 25 heavy (non-hydrogen) atoms. The molecule has 0 aromatic heterocycles. The van der Waals surface area contributed by atoms with Crippen molar-refractivity contribution in [3.8, 4) is 0 Å². The van der Waals surface area contributed by atoms with Crippen molar-refractivity contribution in [1.82, 2.24) is 9.21 Å². The molecule has 3 rings (SSSR count). The lowest BCUT2D eigenvalue weighted by molar-refractivity contribution is 0.0102. The highest BCUT2D eigenvalue weighted by molar-refractivity contribution is 7.89. The number of hydrogen-bond acceptors (Lipinski definition) is 5. The molecule has 2 aliphatic heterocycles. The maximum absolute atomic E-state index is 12.8. The molecule has 0 spiro atoms. The third kappa shape index (κ3) is 4.30. The van der Waals surface area contributed by atoms with Crippen LogP contribution in [0.25, 0.3) is 0 Å². The van der Waals surface area contributed by atoms with Gasteiger partial charge in [0, 0.05) is 31.9 Å². The summed E-state index contributed by atoms with van der Waals surface area (Å²) in [5, 5.41) is 2.76. The lowest BCUT2D eigenvalue weighted by Crippen LogP contribution is -2.44. The fraction of sp³-hybridized carbons (Fsp3) is 0.562. The molecule has 0 aliphatic carbocycles. The van der Waals surface area contributed by atoms with E-state index in [1.54, 1.807) is 23.1 Å². The number of amides is 2. The molecule has 0 bridgehead atoms. The van der Waals surface area contributed by atoms with Gasteiger partial charge in [0.05, 0.1) is 30.8 Å². The van der Waals surface area contributed by atoms with Crippen LogP contribution in [0.2, 0.25) is 0 Å². The first-order chi connectivity index (χ1) is 12.0. The number of sulfonamides is 1. The highest BCUT2D eigenvalue weighted by Crippen LogP contribution is 2.22. The van der Waals surface area contributed by atoms with Crippen LogP contribution in [0, 0.1) is 0 Å². The number of nitrogens with one attached hydrogen (secondary N) is 1. The zero-order chi connectivity index (χ0) is 17.9. The molecule has 2 saturated heterocycles. The summed E-state index contributed by atoms with van der Waals surface area (Å²) in [6.07, 6.45) is -0.132. The van der Waals surface area contributed by atoms with Crippen LogP contribution >= 0.6 is 0 Å². The van der Waals surface area contributed by atoms with Gasteiger partial charge in [-0.3, -0.25) is 0 Å². The summed E-state index contributed by atoms with van der Waals surface area (Å²) in [4.78, 5) is 14.1. The molecule has 0 radical (unpaired) electrons. The summed E-state index contributed by atoms with van der Waals surface area (Å²) in [5.74, 6) is 0. The molecule has 1 N–H and O–H groups in total. The van der Waals surface area contributed by atoms with E-state index in [0.29, 0.717) is 51.7 Å². The lowest BCUT2D eigenvalue weighted by Gasteiger charge is -2.30. The van der Waals surface area contributed by atoms with Gasteiger partial charge in [-0.1, -0.05) is 6.07 Å². The van der Waals surface area contributed by atoms with E-state index in [0.717, 1.165) is 0 Å². The quantitative estimate of drug-likeness (QED) is 0.857. The minimum atomic E-state index is -3.61. The average Bonchev–Trinajstić information content (AvgIpc) is 2.62. The van der Waals surface area contributed by atoms with Gasteiger partial charge in [-0.25, -0.2) is 13.2 Å². The lowest BCUT2D eigenvalue weighted by atomic mass is 10.3. The number of carbonyl (C=O) groups excluding carboxylic acids is 1. The Morgan fingerprint density at radius 3 is 2.68 bits per heavy atom. The molecule has 2 amide bonds. The van der Waals surface area contributed by atoms with Crippen LogP contribution in [-0.4, -0.2) is 75.8 Å². The molecular formula is C16H23N3O5S. The van der Waals surface area contributed by atoms with Crippen molar-refractivity contribution < 1.29 is 22.7 Å². The van der Waals surface area contributed by atoms with Gasteiger partial charge in [0.15, 0.2) is 0 Å². The Labute approximate surface area is 147 Å². The molecule has 1 atom stereocenters.